The standard InChI is InChI=1S/C24H23N5O3/c1-16(25)24(31)32-21-13-6-5-11-19(21)29(20-12-7-10-18-23(20)27-28-26-18)22(30)15-14-17-8-3-2-4-9-17/h2-13,16H,14-15,25H2,1H3,(H,26,27,28)/t16-/m0/s1. The van der Waals surface area contributed by atoms with Crippen LogP contribution in [0.1, 0.15) is 18.9 Å². The van der Waals surface area contributed by atoms with E-state index in [-0.39, 0.29) is 18.1 Å². The molecule has 0 saturated carbocycles. The summed E-state index contributed by atoms with van der Waals surface area (Å²) in [7, 11) is 0. The number of amides is 1. The van der Waals surface area contributed by atoms with E-state index in [1.165, 1.54) is 4.90 Å². The van der Waals surface area contributed by atoms with Crippen LogP contribution in [-0.2, 0) is 16.0 Å². The molecule has 1 heterocycles. The molecule has 3 N–H and O–H groups in total. The second-order valence-electron chi connectivity index (χ2n) is 7.36. The molecule has 1 atom stereocenters. The van der Waals surface area contributed by atoms with Crippen molar-refractivity contribution in [3.8, 4) is 5.75 Å². The molecule has 1 aromatic heterocycles. The van der Waals surface area contributed by atoms with E-state index in [2.05, 4.69) is 15.4 Å². The quantitative estimate of drug-likeness (QED) is 0.343. The topological polar surface area (TPSA) is 114 Å². The van der Waals surface area contributed by atoms with E-state index in [0.717, 1.165) is 5.56 Å². The average Bonchev–Trinajstić information content (AvgIpc) is 3.29. The maximum Gasteiger partial charge on any atom is 0.328 e. The van der Waals surface area contributed by atoms with Crippen molar-refractivity contribution in [2.24, 2.45) is 5.73 Å². The average molecular weight is 429 g/mol. The van der Waals surface area contributed by atoms with E-state index in [1.807, 2.05) is 30.3 Å². The minimum absolute atomic E-state index is 0.173. The van der Waals surface area contributed by atoms with Crippen molar-refractivity contribution in [3.63, 3.8) is 0 Å². The number of nitrogens with one attached hydrogen (secondary N) is 1. The van der Waals surface area contributed by atoms with Gasteiger partial charge in [-0.1, -0.05) is 48.5 Å². The van der Waals surface area contributed by atoms with Gasteiger partial charge in [-0.3, -0.25) is 9.69 Å². The number of rotatable bonds is 7. The van der Waals surface area contributed by atoms with E-state index in [1.54, 1.807) is 49.4 Å². The number of para-hydroxylation sites is 3. The van der Waals surface area contributed by atoms with Crippen molar-refractivity contribution < 1.29 is 14.3 Å². The highest BCUT2D eigenvalue weighted by molar-refractivity contribution is 6.07. The van der Waals surface area contributed by atoms with Crippen LogP contribution in [0.2, 0.25) is 0 Å². The van der Waals surface area contributed by atoms with Gasteiger partial charge in [-0.15, -0.1) is 0 Å². The van der Waals surface area contributed by atoms with Crippen LogP contribution in [0, 0.1) is 0 Å². The van der Waals surface area contributed by atoms with E-state index < -0.39 is 12.0 Å². The number of carbonyl (C=O) groups excluding carboxylic acids is 2. The highest BCUT2D eigenvalue weighted by atomic mass is 16.5. The van der Waals surface area contributed by atoms with Gasteiger partial charge >= 0.3 is 5.97 Å². The van der Waals surface area contributed by atoms with Crippen LogP contribution < -0.4 is 15.4 Å². The first-order chi connectivity index (χ1) is 15.5. The van der Waals surface area contributed by atoms with Crippen molar-refractivity contribution in [2.45, 2.75) is 25.8 Å². The molecular weight excluding hydrogens is 406 g/mol. The minimum atomic E-state index is -0.802. The summed E-state index contributed by atoms with van der Waals surface area (Å²) in [6.07, 6.45) is 0.806. The van der Waals surface area contributed by atoms with Crippen molar-refractivity contribution in [2.75, 3.05) is 4.90 Å². The first kappa shape index (κ1) is 21.2. The Labute approximate surface area is 185 Å². The summed E-state index contributed by atoms with van der Waals surface area (Å²) in [6, 6.07) is 21.2. The number of benzene rings is 3. The lowest BCUT2D eigenvalue weighted by Gasteiger charge is -2.25. The predicted molar refractivity (Wildman–Crippen MR) is 122 cm³/mol. The predicted octanol–water partition coefficient (Wildman–Crippen LogP) is 3.51. The van der Waals surface area contributed by atoms with Gasteiger partial charge in [0.25, 0.3) is 0 Å². The SMILES string of the molecule is C[C@H](N)C(=O)Oc1ccccc1N(C(=O)CCc1ccccc1)c1cccc2n[nH]nc12. The lowest BCUT2D eigenvalue weighted by atomic mass is 10.1. The van der Waals surface area contributed by atoms with Crippen LogP contribution in [0.5, 0.6) is 5.75 Å². The number of ether oxygens (including phenoxy) is 1. The van der Waals surface area contributed by atoms with Crippen molar-refractivity contribution >= 4 is 34.3 Å². The van der Waals surface area contributed by atoms with Gasteiger partial charge in [0, 0.05) is 6.42 Å². The van der Waals surface area contributed by atoms with Crippen LogP contribution >= 0.6 is 0 Å². The third-order valence-electron chi connectivity index (χ3n) is 4.97. The summed E-state index contributed by atoms with van der Waals surface area (Å²) in [5.41, 5.74) is 8.85. The van der Waals surface area contributed by atoms with Crippen molar-refractivity contribution in [1.82, 2.24) is 15.4 Å². The Morgan fingerprint density at radius 3 is 2.47 bits per heavy atom. The molecule has 3 aromatic carbocycles. The lowest BCUT2D eigenvalue weighted by Crippen LogP contribution is -2.32. The molecule has 162 valence electrons. The first-order valence-electron chi connectivity index (χ1n) is 10.3. The normalized spacial score (nSPS) is 11.8. The van der Waals surface area contributed by atoms with E-state index in [9.17, 15) is 9.59 Å². The number of esters is 1. The number of anilines is 2. The minimum Gasteiger partial charge on any atom is -0.423 e. The number of aromatic nitrogens is 3. The number of carbonyl (C=O) groups is 2. The molecule has 8 heteroatoms. The van der Waals surface area contributed by atoms with Crippen LogP contribution in [0.25, 0.3) is 11.0 Å². The van der Waals surface area contributed by atoms with Gasteiger partial charge in [-0.25, -0.2) is 4.79 Å². The zero-order chi connectivity index (χ0) is 22.5. The van der Waals surface area contributed by atoms with Gasteiger partial charge in [0.15, 0.2) is 5.75 Å². The van der Waals surface area contributed by atoms with Gasteiger partial charge in [-0.05, 0) is 43.2 Å². The second kappa shape index (κ2) is 9.40. The van der Waals surface area contributed by atoms with Crippen molar-refractivity contribution in [3.05, 3.63) is 78.4 Å². The number of aryl methyl sites for hydroxylation is 1. The van der Waals surface area contributed by atoms with Crippen LogP contribution in [0.3, 0.4) is 0 Å². The summed E-state index contributed by atoms with van der Waals surface area (Å²) >= 11 is 0. The maximum absolute atomic E-state index is 13.6. The number of hydrogen-bond acceptors (Lipinski definition) is 6. The molecule has 0 bridgehead atoms. The van der Waals surface area contributed by atoms with Gasteiger partial charge in [0.05, 0.1) is 11.4 Å². The lowest BCUT2D eigenvalue weighted by molar-refractivity contribution is -0.135. The fourth-order valence-corrected chi connectivity index (χ4v) is 3.37. The van der Waals surface area contributed by atoms with Gasteiger partial charge in [0.2, 0.25) is 5.91 Å². The molecule has 8 nitrogen and oxygen atoms in total. The highest BCUT2D eigenvalue weighted by Crippen LogP contribution is 2.37. The highest BCUT2D eigenvalue weighted by Gasteiger charge is 2.25. The van der Waals surface area contributed by atoms with E-state index in [0.29, 0.717) is 28.8 Å². The largest absolute Gasteiger partial charge is 0.423 e. The molecule has 32 heavy (non-hydrogen) atoms. The monoisotopic (exact) mass is 429 g/mol. The van der Waals surface area contributed by atoms with Crippen LogP contribution in [0.15, 0.2) is 72.8 Å². The number of nitrogens with zero attached hydrogens (tertiary/aromatic N) is 3. The molecular formula is C24H23N5O3. The third kappa shape index (κ3) is 4.50. The fraction of sp³-hybridized carbons (Fsp3) is 0.167. The Morgan fingerprint density at radius 1 is 0.969 bits per heavy atom. The maximum atomic E-state index is 13.6. The fourth-order valence-electron chi connectivity index (χ4n) is 3.37. The Kier molecular flexibility index (Phi) is 6.23. The molecule has 0 aliphatic heterocycles. The number of H-pyrrole nitrogens is 1. The number of nitrogens with two attached hydrogens (primary N) is 1. The number of hydrogen-bond donors (Lipinski definition) is 2. The Bertz CT molecular complexity index is 1240. The molecule has 4 aromatic rings. The third-order valence-corrected chi connectivity index (χ3v) is 4.97. The number of fused-ring (bicyclic) bond motifs is 1. The Balaban J connectivity index is 1.76. The smallest absolute Gasteiger partial charge is 0.328 e. The van der Waals surface area contributed by atoms with Gasteiger partial charge < -0.3 is 10.5 Å². The van der Waals surface area contributed by atoms with Gasteiger partial charge in [0.1, 0.15) is 17.1 Å². The number of aromatic amines is 1. The molecule has 0 aliphatic carbocycles. The van der Waals surface area contributed by atoms with E-state index >= 15 is 0 Å². The summed E-state index contributed by atoms with van der Waals surface area (Å²) in [5.74, 6) is -0.522. The molecule has 0 saturated heterocycles. The second-order valence-corrected chi connectivity index (χ2v) is 7.36. The van der Waals surface area contributed by atoms with Gasteiger partial charge in [-0.2, -0.15) is 15.4 Å². The van der Waals surface area contributed by atoms with E-state index in [4.69, 9.17) is 10.5 Å². The summed E-state index contributed by atoms with van der Waals surface area (Å²) in [4.78, 5) is 27.3. The summed E-state index contributed by atoms with van der Waals surface area (Å²) < 4.78 is 5.51. The Morgan fingerprint density at radius 2 is 1.69 bits per heavy atom. The van der Waals surface area contributed by atoms with Crippen LogP contribution in [0.4, 0.5) is 11.4 Å². The zero-order valence-corrected chi connectivity index (χ0v) is 17.6. The van der Waals surface area contributed by atoms with Crippen LogP contribution in [-0.4, -0.2) is 33.3 Å². The molecule has 4 rings (SSSR count). The molecule has 0 aliphatic rings. The summed E-state index contributed by atoms with van der Waals surface area (Å²) in [5, 5.41) is 11.0. The molecule has 0 radical (unpaired) electrons. The molecule has 1 amide bonds. The molecule has 0 spiro atoms. The summed E-state index contributed by atoms with van der Waals surface area (Å²) in [6.45, 7) is 1.55. The zero-order valence-electron chi connectivity index (χ0n) is 17.6. The Hall–Kier alpha value is -4.04. The van der Waals surface area contributed by atoms with Crippen molar-refractivity contribution in [1.29, 1.82) is 0 Å². The first-order valence-corrected chi connectivity index (χ1v) is 10.3. The molecule has 0 fully saturated rings. The molecule has 0 unspecified atom stereocenters.